The van der Waals surface area contributed by atoms with Crippen molar-refractivity contribution in [1.82, 2.24) is 20.4 Å². The Bertz CT molecular complexity index is 932. The van der Waals surface area contributed by atoms with Crippen molar-refractivity contribution in [2.45, 2.75) is 25.0 Å². The van der Waals surface area contributed by atoms with Crippen LogP contribution in [0.3, 0.4) is 0 Å². The van der Waals surface area contributed by atoms with Crippen LogP contribution in [0, 0.1) is 0 Å². The predicted octanol–water partition coefficient (Wildman–Crippen LogP) is 0.856. The molecule has 2 aliphatic rings. The number of urea groups is 1. The van der Waals surface area contributed by atoms with Crippen LogP contribution in [0.2, 0.25) is 0 Å². The molecule has 0 bridgehead atoms. The second-order valence-electron chi connectivity index (χ2n) is 7.57. The van der Waals surface area contributed by atoms with E-state index in [9.17, 15) is 19.5 Å². The van der Waals surface area contributed by atoms with Crippen LogP contribution in [-0.2, 0) is 22.6 Å². The maximum absolute atomic E-state index is 12.9. The van der Waals surface area contributed by atoms with E-state index >= 15 is 0 Å². The van der Waals surface area contributed by atoms with E-state index in [1.54, 1.807) is 34.1 Å². The van der Waals surface area contributed by atoms with Gasteiger partial charge in [0, 0.05) is 26.1 Å². The highest BCUT2D eigenvalue weighted by Gasteiger charge is 2.44. The van der Waals surface area contributed by atoms with Gasteiger partial charge in [0.25, 0.3) is 0 Å². The lowest BCUT2D eigenvalue weighted by Gasteiger charge is -2.45. The number of nitrogens with zero attached hydrogens (tertiary/aromatic N) is 2. The maximum Gasteiger partial charge on any atom is 0.317 e. The number of benzene rings is 2. The fraction of sp³-hybridized carbons (Fsp3) is 0.318. The number of hydrogen-bond donors (Lipinski definition) is 3. The van der Waals surface area contributed by atoms with Crippen LogP contribution in [0.25, 0.3) is 0 Å². The van der Waals surface area contributed by atoms with Gasteiger partial charge in [-0.1, -0.05) is 42.5 Å². The molecule has 0 aromatic heterocycles. The number of phenolic OH excluding ortho intramolecular Hbond substituents is 1. The fourth-order valence-electron chi connectivity index (χ4n) is 3.88. The highest BCUT2D eigenvalue weighted by atomic mass is 16.3. The van der Waals surface area contributed by atoms with Crippen LogP contribution < -0.4 is 10.6 Å². The molecule has 0 radical (unpaired) electrons. The SMILES string of the molecule is O=C1N[C@H](Cc2ccc(O)cc2)C(=O)N2CCN(C(=O)NCc3ccccc3)C[C@H]12. The molecule has 8 heteroatoms. The fourth-order valence-corrected chi connectivity index (χ4v) is 3.88. The van der Waals surface area contributed by atoms with Gasteiger partial charge in [-0.2, -0.15) is 0 Å². The van der Waals surface area contributed by atoms with Crippen molar-refractivity contribution in [1.29, 1.82) is 0 Å². The Morgan fingerprint density at radius 1 is 1.03 bits per heavy atom. The Balaban J connectivity index is 1.36. The highest BCUT2D eigenvalue weighted by Crippen LogP contribution is 2.19. The maximum atomic E-state index is 12.9. The Morgan fingerprint density at radius 2 is 1.77 bits per heavy atom. The lowest BCUT2D eigenvalue weighted by atomic mass is 9.98. The number of phenols is 1. The number of amides is 4. The molecule has 156 valence electrons. The van der Waals surface area contributed by atoms with Crippen molar-refractivity contribution in [3.05, 3.63) is 65.7 Å². The molecule has 0 unspecified atom stereocenters. The average molecular weight is 408 g/mol. The van der Waals surface area contributed by atoms with Crippen LogP contribution in [-0.4, -0.2) is 64.5 Å². The largest absolute Gasteiger partial charge is 0.508 e. The molecular formula is C22H24N4O4. The zero-order valence-corrected chi connectivity index (χ0v) is 16.5. The van der Waals surface area contributed by atoms with Gasteiger partial charge in [-0.15, -0.1) is 0 Å². The van der Waals surface area contributed by atoms with Crippen LogP contribution in [0.5, 0.6) is 5.75 Å². The summed E-state index contributed by atoms with van der Waals surface area (Å²) in [6.45, 7) is 1.28. The standard InChI is InChI=1S/C22H24N4O4/c27-17-8-6-15(7-9-17)12-18-21(29)26-11-10-25(14-19(26)20(28)24-18)22(30)23-13-16-4-2-1-3-5-16/h1-9,18-19,27H,10-14H2,(H,23,30)(H,24,28)/t18-,19-/m1/s1. The van der Waals surface area contributed by atoms with Crippen molar-refractivity contribution in [3.63, 3.8) is 0 Å². The van der Waals surface area contributed by atoms with E-state index in [-0.39, 0.29) is 30.1 Å². The number of hydrogen-bond acceptors (Lipinski definition) is 4. The van der Waals surface area contributed by atoms with E-state index in [0.717, 1.165) is 11.1 Å². The molecule has 30 heavy (non-hydrogen) atoms. The van der Waals surface area contributed by atoms with E-state index < -0.39 is 12.1 Å². The smallest absolute Gasteiger partial charge is 0.317 e. The third-order valence-corrected chi connectivity index (χ3v) is 5.53. The van der Waals surface area contributed by atoms with E-state index in [1.807, 2.05) is 30.3 Å². The van der Waals surface area contributed by atoms with Gasteiger partial charge < -0.3 is 25.5 Å². The van der Waals surface area contributed by atoms with Gasteiger partial charge in [0.05, 0.1) is 6.54 Å². The molecule has 2 aromatic rings. The minimum absolute atomic E-state index is 0.142. The molecule has 0 spiro atoms. The quantitative estimate of drug-likeness (QED) is 0.698. The second kappa shape index (κ2) is 8.44. The highest BCUT2D eigenvalue weighted by molar-refractivity contribution is 5.97. The molecule has 2 aromatic carbocycles. The summed E-state index contributed by atoms with van der Waals surface area (Å²) in [7, 11) is 0. The van der Waals surface area contributed by atoms with Crippen molar-refractivity contribution >= 4 is 17.8 Å². The minimum atomic E-state index is -0.676. The lowest BCUT2D eigenvalue weighted by molar-refractivity contribution is -0.152. The summed E-state index contributed by atoms with van der Waals surface area (Å²) in [6, 6.07) is 14.6. The zero-order valence-electron chi connectivity index (χ0n) is 16.5. The molecule has 2 fully saturated rings. The summed E-state index contributed by atoms with van der Waals surface area (Å²) in [4.78, 5) is 41.3. The first-order valence-electron chi connectivity index (χ1n) is 9.97. The van der Waals surface area contributed by atoms with E-state index in [0.29, 0.717) is 26.1 Å². The van der Waals surface area contributed by atoms with Gasteiger partial charge in [0.2, 0.25) is 11.8 Å². The lowest BCUT2D eigenvalue weighted by Crippen LogP contribution is -2.70. The summed E-state index contributed by atoms with van der Waals surface area (Å²) in [5.41, 5.74) is 1.84. The zero-order chi connectivity index (χ0) is 21.1. The molecule has 2 aliphatic heterocycles. The number of carbonyl (C=O) groups excluding carboxylic acids is 3. The molecule has 2 saturated heterocycles. The van der Waals surface area contributed by atoms with Crippen molar-refractivity contribution in [2.75, 3.05) is 19.6 Å². The van der Waals surface area contributed by atoms with E-state index in [4.69, 9.17) is 0 Å². The minimum Gasteiger partial charge on any atom is -0.508 e. The Labute approximate surface area is 174 Å². The number of fused-ring (bicyclic) bond motifs is 1. The van der Waals surface area contributed by atoms with Gasteiger partial charge in [0.15, 0.2) is 0 Å². The molecular weight excluding hydrogens is 384 g/mol. The molecule has 4 rings (SSSR count). The van der Waals surface area contributed by atoms with Crippen molar-refractivity contribution < 1.29 is 19.5 Å². The normalized spacial score (nSPS) is 21.1. The van der Waals surface area contributed by atoms with E-state index in [1.165, 1.54) is 0 Å². The van der Waals surface area contributed by atoms with E-state index in [2.05, 4.69) is 10.6 Å². The van der Waals surface area contributed by atoms with Gasteiger partial charge in [-0.25, -0.2) is 4.79 Å². The summed E-state index contributed by atoms with van der Waals surface area (Å²) in [6.07, 6.45) is 0.356. The monoisotopic (exact) mass is 408 g/mol. The predicted molar refractivity (Wildman–Crippen MR) is 109 cm³/mol. The summed E-state index contributed by atoms with van der Waals surface area (Å²) >= 11 is 0. The second-order valence-corrected chi connectivity index (χ2v) is 7.57. The van der Waals surface area contributed by atoms with Gasteiger partial charge >= 0.3 is 6.03 Å². The molecule has 2 heterocycles. The number of carbonyl (C=O) groups is 3. The van der Waals surface area contributed by atoms with Gasteiger partial charge in [-0.3, -0.25) is 9.59 Å². The summed E-state index contributed by atoms with van der Waals surface area (Å²) < 4.78 is 0. The molecule has 0 aliphatic carbocycles. The van der Waals surface area contributed by atoms with Crippen molar-refractivity contribution in [3.8, 4) is 5.75 Å². The topological polar surface area (TPSA) is 102 Å². The third-order valence-electron chi connectivity index (χ3n) is 5.53. The van der Waals surface area contributed by atoms with Crippen molar-refractivity contribution in [2.24, 2.45) is 0 Å². The van der Waals surface area contributed by atoms with Crippen LogP contribution in [0.15, 0.2) is 54.6 Å². The van der Waals surface area contributed by atoms with Crippen LogP contribution in [0.4, 0.5) is 4.79 Å². The third kappa shape index (κ3) is 4.22. The Hall–Kier alpha value is -3.55. The first kappa shape index (κ1) is 19.8. The van der Waals surface area contributed by atoms with Gasteiger partial charge in [0.1, 0.15) is 17.8 Å². The Kier molecular flexibility index (Phi) is 5.56. The number of aromatic hydroxyl groups is 1. The first-order valence-corrected chi connectivity index (χ1v) is 9.97. The number of piperazine rings is 2. The molecule has 4 amide bonds. The molecule has 2 atom stereocenters. The number of rotatable bonds is 4. The summed E-state index contributed by atoms with van der Waals surface area (Å²) in [5.74, 6) is -0.240. The summed E-state index contributed by atoms with van der Waals surface area (Å²) in [5, 5.41) is 15.1. The molecule has 8 nitrogen and oxygen atoms in total. The molecule has 0 saturated carbocycles. The first-order chi connectivity index (χ1) is 14.5. The van der Waals surface area contributed by atoms with Crippen LogP contribution in [0.1, 0.15) is 11.1 Å². The Morgan fingerprint density at radius 3 is 2.50 bits per heavy atom. The average Bonchev–Trinajstić information content (AvgIpc) is 2.77. The van der Waals surface area contributed by atoms with Gasteiger partial charge in [-0.05, 0) is 23.3 Å². The van der Waals surface area contributed by atoms with Crippen LogP contribution >= 0.6 is 0 Å². The number of nitrogens with one attached hydrogen (secondary N) is 2. The molecule has 3 N–H and O–H groups in total.